The van der Waals surface area contributed by atoms with Gasteiger partial charge in [0.25, 0.3) is 0 Å². The van der Waals surface area contributed by atoms with Crippen LogP contribution in [0, 0.1) is 0 Å². The van der Waals surface area contributed by atoms with Gasteiger partial charge in [-0.05, 0) is 35.9 Å². The van der Waals surface area contributed by atoms with Gasteiger partial charge in [-0.15, -0.1) is 0 Å². The number of halogens is 1. The van der Waals surface area contributed by atoms with Crippen molar-refractivity contribution in [3.05, 3.63) is 52.5 Å². The third kappa shape index (κ3) is 3.76. The fourth-order valence-corrected chi connectivity index (χ4v) is 2.42. The minimum absolute atomic E-state index is 0.0303. The fraction of sp³-hybridized carbons (Fsp3) is 0.188. The minimum Gasteiger partial charge on any atom is -0.497 e. The van der Waals surface area contributed by atoms with Crippen LogP contribution in [-0.2, 0) is 11.2 Å². The lowest BCUT2D eigenvalue weighted by Gasteiger charge is -2.19. The van der Waals surface area contributed by atoms with Crippen molar-refractivity contribution in [3.8, 4) is 5.75 Å². The standard InChI is InChI=1S/C16H17BrN2O2/c1-19(15-7-6-12(17)10-14(15)18)16(20)9-11-4-3-5-13(8-11)21-2/h3-8,10H,9,18H2,1-2H3. The van der Waals surface area contributed by atoms with Crippen LogP contribution < -0.4 is 15.4 Å². The highest BCUT2D eigenvalue weighted by Crippen LogP contribution is 2.26. The molecule has 0 aliphatic rings. The Balaban J connectivity index is 2.15. The van der Waals surface area contributed by atoms with Gasteiger partial charge in [-0.25, -0.2) is 0 Å². The van der Waals surface area contributed by atoms with Crippen molar-refractivity contribution in [2.75, 3.05) is 24.8 Å². The normalized spacial score (nSPS) is 10.2. The summed E-state index contributed by atoms with van der Waals surface area (Å²) in [6.07, 6.45) is 0.295. The monoisotopic (exact) mass is 348 g/mol. The summed E-state index contributed by atoms with van der Waals surface area (Å²) in [6.45, 7) is 0. The first-order valence-electron chi connectivity index (χ1n) is 6.46. The van der Waals surface area contributed by atoms with E-state index in [1.54, 1.807) is 25.1 Å². The summed E-state index contributed by atoms with van der Waals surface area (Å²) in [5.41, 5.74) is 8.12. The summed E-state index contributed by atoms with van der Waals surface area (Å²) < 4.78 is 6.05. The summed E-state index contributed by atoms with van der Waals surface area (Å²) in [5, 5.41) is 0. The van der Waals surface area contributed by atoms with Gasteiger partial charge in [0.15, 0.2) is 0 Å². The van der Waals surface area contributed by atoms with Gasteiger partial charge >= 0.3 is 0 Å². The molecule has 2 aromatic carbocycles. The van der Waals surface area contributed by atoms with E-state index in [1.165, 1.54) is 0 Å². The molecule has 0 atom stereocenters. The molecule has 0 unspecified atom stereocenters. The lowest BCUT2D eigenvalue weighted by Crippen LogP contribution is -2.28. The van der Waals surface area contributed by atoms with Gasteiger partial charge < -0.3 is 15.4 Å². The molecule has 110 valence electrons. The molecule has 0 bridgehead atoms. The van der Waals surface area contributed by atoms with E-state index in [0.717, 1.165) is 15.8 Å². The second-order valence-electron chi connectivity index (χ2n) is 4.68. The summed E-state index contributed by atoms with van der Waals surface area (Å²) in [4.78, 5) is 13.9. The van der Waals surface area contributed by atoms with Crippen LogP contribution in [0.5, 0.6) is 5.75 Å². The van der Waals surface area contributed by atoms with E-state index in [2.05, 4.69) is 15.9 Å². The smallest absolute Gasteiger partial charge is 0.231 e. The molecule has 0 heterocycles. The van der Waals surface area contributed by atoms with E-state index in [-0.39, 0.29) is 5.91 Å². The Bertz CT molecular complexity index is 658. The zero-order chi connectivity index (χ0) is 15.4. The first kappa shape index (κ1) is 15.4. The summed E-state index contributed by atoms with van der Waals surface area (Å²) >= 11 is 3.35. The molecule has 0 spiro atoms. The number of carbonyl (C=O) groups is 1. The number of rotatable bonds is 4. The topological polar surface area (TPSA) is 55.6 Å². The Morgan fingerprint density at radius 3 is 2.71 bits per heavy atom. The SMILES string of the molecule is COc1cccc(CC(=O)N(C)c2ccc(Br)cc2N)c1. The maximum Gasteiger partial charge on any atom is 0.231 e. The number of anilines is 2. The summed E-state index contributed by atoms with van der Waals surface area (Å²) in [6, 6.07) is 12.9. The first-order chi connectivity index (χ1) is 10.0. The number of hydrogen-bond donors (Lipinski definition) is 1. The first-order valence-corrected chi connectivity index (χ1v) is 7.25. The van der Waals surface area contributed by atoms with Crippen LogP contribution >= 0.6 is 15.9 Å². The number of amides is 1. The van der Waals surface area contributed by atoms with Crippen molar-refractivity contribution in [1.29, 1.82) is 0 Å². The molecule has 0 radical (unpaired) electrons. The number of carbonyl (C=O) groups excluding carboxylic acids is 1. The van der Waals surface area contributed by atoms with Gasteiger partial charge in [-0.2, -0.15) is 0 Å². The van der Waals surface area contributed by atoms with Crippen molar-refractivity contribution in [2.45, 2.75) is 6.42 Å². The third-order valence-corrected chi connectivity index (χ3v) is 3.71. The van der Waals surface area contributed by atoms with Crippen LogP contribution in [-0.4, -0.2) is 20.1 Å². The van der Waals surface area contributed by atoms with Crippen molar-refractivity contribution in [2.24, 2.45) is 0 Å². The van der Waals surface area contributed by atoms with Gasteiger partial charge in [0, 0.05) is 11.5 Å². The molecule has 2 N–H and O–H groups in total. The second kappa shape index (κ2) is 6.63. The van der Waals surface area contributed by atoms with E-state index >= 15 is 0 Å². The second-order valence-corrected chi connectivity index (χ2v) is 5.60. The number of nitrogen functional groups attached to an aromatic ring is 1. The van der Waals surface area contributed by atoms with Crippen LogP contribution in [0.4, 0.5) is 11.4 Å². The minimum atomic E-state index is -0.0303. The van der Waals surface area contributed by atoms with Crippen LogP contribution in [0.15, 0.2) is 46.9 Å². The average molecular weight is 349 g/mol. The van der Waals surface area contributed by atoms with E-state index in [1.807, 2.05) is 36.4 Å². The highest BCUT2D eigenvalue weighted by molar-refractivity contribution is 9.10. The molecule has 5 heteroatoms. The predicted molar refractivity (Wildman–Crippen MR) is 88.7 cm³/mol. The molecule has 21 heavy (non-hydrogen) atoms. The lowest BCUT2D eigenvalue weighted by atomic mass is 10.1. The van der Waals surface area contributed by atoms with Gasteiger partial charge in [0.1, 0.15) is 5.75 Å². The highest BCUT2D eigenvalue weighted by atomic mass is 79.9. The van der Waals surface area contributed by atoms with E-state index < -0.39 is 0 Å². The molecule has 2 rings (SSSR count). The van der Waals surface area contributed by atoms with E-state index in [4.69, 9.17) is 10.5 Å². The molecule has 0 saturated carbocycles. The number of hydrogen-bond acceptors (Lipinski definition) is 3. The molecule has 0 saturated heterocycles. The lowest BCUT2D eigenvalue weighted by molar-refractivity contribution is -0.117. The van der Waals surface area contributed by atoms with E-state index in [0.29, 0.717) is 17.8 Å². The maximum atomic E-state index is 12.4. The predicted octanol–water partition coefficient (Wildman–Crippen LogP) is 3.25. The Labute approximate surface area is 132 Å². The van der Waals surface area contributed by atoms with Gasteiger partial charge in [0.2, 0.25) is 5.91 Å². The molecule has 4 nitrogen and oxygen atoms in total. The molecule has 1 amide bonds. The largest absolute Gasteiger partial charge is 0.497 e. The molecule has 0 aromatic heterocycles. The molecule has 2 aromatic rings. The number of benzene rings is 2. The Kier molecular flexibility index (Phi) is 4.85. The molecular formula is C16H17BrN2O2. The van der Waals surface area contributed by atoms with Crippen LogP contribution in [0.25, 0.3) is 0 Å². The third-order valence-electron chi connectivity index (χ3n) is 3.21. The molecule has 0 fully saturated rings. The summed E-state index contributed by atoms with van der Waals surface area (Å²) in [5.74, 6) is 0.711. The number of likely N-dealkylation sites (N-methyl/N-ethyl adjacent to an activating group) is 1. The average Bonchev–Trinajstić information content (AvgIpc) is 2.46. The van der Waals surface area contributed by atoms with Gasteiger partial charge in [-0.3, -0.25) is 4.79 Å². The van der Waals surface area contributed by atoms with Gasteiger partial charge in [0.05, 0.1) is 24.9 Å². The van der Waals surface area contributed by atoms with Crippen molar-refractivity contribution < 1.29 is 9.53 Å². The van der Waals surface area contributed by atoms with Gasteiger partial charge in [-0.1, -0.05) is 28.1 Å². The highest BCUT2D eigenvalue weighted by Gasteiger charge is 2.14. The van der Waals surface area contributed by atoms with Crippen molar-refractivity contribution >= 4 is 33.2 Å². The zero-order valence-electron chi connectivity index (χ0n) is 12.0. The number of nitrogens with zero attached hydrogens (tertiary/aromatic N) is 1. The molecule has 0 aliphatic carbocycles. The quantitative estimate of drug-likeness (QED) is 0.863. The Hall–Kier alpha value is -2.01. The number of methoxy groups -OCH3 is 1. The van der Waals surface area contributed by atoms with Crippen molar-refractivity contribution in [3.63, 3.8) is 0 Å². The number of ether oxygens (including phenoxy) is 1. The maximum absolute atomic E-state index is 12.4. The molecule has 0 aliphatic heterocycles. The number of nitrogens with two attached hydrogens (primary N) is 1. The molecular weight excluding hydrogens is 332 g/mol. The Morgan fingerprint density at radius 2 is 2.05 bits per heavy atom. The van der Waals surface area contributed by atoms with Crippen molar-refractivity contribution in [1.82, 2.24) is 0 Å². The Morgan fingerprint density at radius 1 is 1.29 bits per heavy atom. The summed E-state index contributed by atoms with van der Waals surface area (Å²) in [7, 11) is 3.33. The fourth-order valence-electron chi connectivity index (χ4n) is 2.04. The van der Waals surface area contributed by atoms with E-state index in [9.17, 15) is 4.79 Å². The van der Waals surface area contributed by atoms with Crippen LogP contribution in [0.3, 0.4) is 0 Å². The van der Waals surface area contributed by atoms with Crippen LogP contribution in [0.2, 0.25) is 0 Å². The zero-order valence-corrected chi connectivity index (χ0v) is 13.6. The van der Waals surface area contributed by atoms with Crippen LogP contribution in [0.1, 0.15) is 5.56 Å².